The minimum Gasteiger partial charge on any atom is -0.452 e. The zero-order valence-electron chi connectivity index (χ0n) is 15.1. The topological polar surface area (TPSA) is 91.2 Å². The lowest BCUT2D eigenvalue weighted by atomic mass is 10.1. The third-order valence-electron chi connectivity index (χ3n) is 4.08. The van der Waals surface area contributed by atoms with E-state index in [1.807, 2.05) is 30.3 Å². The number of aromatic nitrogens is 3. The predicted octanol–water partition coefficient (Wildman–Crippen LogP) is 4.85. The number of aryl methyl sites for hydroxylation is 1. The van der Waals surface area contributed by atoms with Gasteiger partial charge in [-0.05, 0) is 31.2 Å². The molecule has 0 bridgehead atoms. The fourth-order valence-electron chi connectivity index (χ4n) is 2.72. The standard InChI is InChI=1S/C20H13ClFN3O4/c1-11-16(18(25-29-11)17-13(21)8-5-9-14(17)22)20(26)27-10-15-23-24-19(28-15)12-6-3-2-4-7-12/h2-9H,10H2,1H3. The lowest BCUT2D eigenvalue weighted by Gasteiger charge is -2.05. The van der Waals surface area contributed by atoms with E-state index in [1.54, 1.807) is 0 Å². The molecule has 29 heavy (non-hydrogen) atoms. The van der Waals surface area contributed by atoms with Gasteiger partial charge >= 0.3 is 5.97 Å². The van der Waals surface area contributed by atoms with E-state index in [2.05, 4.69) is 15.4 Å². The van der Waals surface area contributed by atoms with Gasteiger partial charge in [0.1, 0.15) is 22.8 Å². The Morgan fingerprint density at radius 2 is 1.93 bits per heavy atom. The van der Waals surface area contributed by atoms with E-state index in [1.165, 1.54) is 25.1 Å². The van der Waals surface area contributed by atoms with Crippen molar-refractivity contribution < 1.29 is 22.9 Å². The Labute approximate surface area is 169 Å². The Balaban J connectivity index is 1.55. The van der Waals surface area contributed by atoms with Crippen molar-refractivity contribution in [2.45, 2.75) is 13.5 Å². The zero-order chi connectivity index (χ0) is 20.4. The largest absolute Gasteiger partial charge is 0.452 e. The number of rotatable bonds is 5. The van der Waals surface area contributed by atoms with E-state index in [-0.39, 0.29) is 40.1 Å². The van der Waals surface area contributed by atoms with Crippen LogP contribution in [0.1, 0.15) is 22.0 Å². The minimum atomic E-state index is -0.780. The Hall–Kier alpha value is -3.52. The molecule has 0 amide bonds. The summed E-state index contributed by atoms with van der Waals surface area (Å²) >= 11 is 6.08. The molecule has 2 aromatic heterocycles. The van der Waals surface area contributed by atoms with Crippen LogP contribution in [0.2, 0.25) is 5.02 Å². The Morgan fingerprint density at radius 3 is 2.69 bits per heavy atom. The van der Waals surface area contributed by atoms with Crippen molar-refractivity contribution in [1.29, 1.82) is 0 Å². The number of esters is 1. The average Bonchev–Trinajstić information content (AvgIpc) is 3.34. The summed E-state index contributed by atoms with van der Waals surface area (Å²) in [5.41, 5.74) is 0.636. The van der Waals surface area contributed by atoms with E-state index in [0.29, 0.717) is 5.89 Å². The van der Waals surface area contributed by atoms with Gasteiger partial charge in [-0.15, -0.1) is 10.2 Å². The lowest BCUT2D eigenvalue weighted by molar-refractivity contribution is 0.0437. The predicted molar refractivity (Wildman–Crippen MR) is 100 cm³/mol. The number of benzene rings is 2. The molecule has 0 atom stereocenters. The first-order valence-corrected chi connectivity index (χ1v) is 8.88. The van der Waals surface area contributed by atoms with E-state index in [4.69, 9.17) is 25.3 Å². The fraction of sp³-hybridized carbons (Fsp3) is 0.100. The number of carbonyl (C=O) groups excluding carboxylic acids is 1. The van der Waals surface area contributed by atoms with Gasteiger partial charge in [-0.3, -0.25) is 0 Å². The molecule has 0 aliphatic heterocycles. The highest BCUT2D eigenvalue weighted by atomic mass is 35.5. The maximum absolute atomic E-state index is 14.3. The lowest BCUT2D eigenvalue weighted by Crippen LogP contribution is -2.08. The van der Waals surface area contributed by atoms with Crippen LogP contribution in [0.4, 0.5) is 4.39 Å². The normalized spacial score (nSPS) is 10.9. The third kappa shape index (κ3) is 3.74. The SMILES string of the molecule is Cc1onc(-c2c(F)cccc2Cl)c1C(=O)OCc1nnc(-c2ccccc2)o1. The second-order valence-electron chi connectivity index (χ2n) is 6.00. The van der Waals surface area contributed by atoms with Gasteiger partial charge in [0.2, 0.25) is 5.89 Å². The van der Waals surface area contributed by atoms with Crippen LogP contribution in [-0.4, -0.2) is 21.3 Å². The second-order valence-corrected chi connectivity index (χ2v) is 6.41. The molecule has 0 saturated heterocycles. The first-order chi connectivity index (χ1) is 14.0. The highest BCUT2D eigenvalue weighted by molar-refractivity contribution is 6.33. The van der Waals surface area contributed by atoms with Crippen LogP contribution in [-0.2, 0) is 11.3 Å². The van der Waals surface area contributed by atoms with Crippen molar-refractivity contribution in [2.75, 3.05) is 0 Å². The van der Waals surface area contributed by atoms with Crippen LogP contribution in [0.15, 0.2) is 57.5 Å². The monoisotopic (exact) mass is 413 g/mol. The number of nitrogens with zero attached hydrogens (tertiary/aromatic N) is 3. The first-order valence-electron chi connectivity index (χ1n) is 8.50. The maximum atomic E-state index is 14.3. The molecule has 7 nitrogen and oxygen atoms in total. The third-order valence-corrected chi connectivity index (χ3v) is 4.40. The molecule has 0 fully saturated rings. The van der Waals surface area contributed by atoms with Crippen LogP contribution in [0.25, 0.3) is 22.7 Å². The molecule has 146 valence electrons. The van der Waals surface area contributed by atoms with Crippen molar-refractivity contribution in [3.63, 3.8) is 0 Å². The van der Waals surface area contributed by atoms with Crippen molar-refractivity contribution >= 4 is 17.6 Å². The first kappa shape index (κ1) is 18.8. The molecule has 0 unspecified atom stereocenters. The number of ether oxygens (including phenoxy) is 1. The van der Waals surface area contributed by atoms with Gasteiger partial charge in [0, 0.05) is 5.56 Å². The smallest absolute Gasteiger partial charge is 0.344 e. The summed E-state index contributed by atoms with van der Waals surface area (Å²) in [5.74, 6) is -0.838. The average molecular weight is 414 g/mol. The van der Waals surface area contributed by atoms with Crippen LogP contribution in [0.3, 0.4) is 0 Å². The summed E-state index contributed by atoms with van der Waals surface area (Å²) in [5, 5.41) is 11.7. The van der Waals surface area contributed by atoms with Gasteiger partial charge in [0.25, 0.3) is 5.89 Å². The molecule has 0 aliphatic carbocycles. The second kappa shape index (κ2) is 7.84. The summed E-state index contributed by atoms with van der Waals surface area (Å²) in [4.78, 5) is 12.6. The Morgan fingerprint density at radius 1 is 1.14 bits per heavy atom. The molecule has 2 aromatic carbocycles. The van der Waals surface area contributed by atoms with E-state index < -0.39 is 11.8 Å². The Bertz CT molecular complexity index is 1150. The fourth-order valence-corrected chi connectivity index (χ4v) is 2.97. The molecule has 0 saturated carbocycles. The number of halogens is 2. The maximum Gasteiger partial charge on any atom is 0.344 e. The molecule has 4 rings (SSSR count). The number of hydrogen-bond acceptors (Lipinski definition) is 7. The van der Waals surface area contributed by atoms with Gasteiger partial charge in [-0.1, -0.05) is 41.0 Å². The number of carbonyl (C=O) groups is 1. The van der Waals surface area contributed by atoms with E-state index in [0.717, 1.165) is 5.56 Å². The summed E-state index contributed by atoms with van der Waals surface area (Å²) in [6.07, 6.45) is 0. The van der Waals surface area contributed by atoms with Gasteiger partial charge in [0.05, 0.1) is 10.6 Å². The highest BCUT2D eigenvalue weighted by Gasteiger charge is 2.27. The molecule has 0 spiro atoms. The summed E-state index contributed by atoms with van der Waals surface area (Å²) in [7, 11) is 0. The minimum absolute atomic E-state index is 0.0280. The molecule has 9 heteroatoms. The summed E-state index contributed by atoms with van der Waals surface area (Å²) < 4.78 is 30.1. The molecule has 0 radical (unpaired) electrons. The van der Waals surface area contributed by atoms with Crippen LogP contribution >= 0.6 is 11.6 Å². The van der Waals surface area contributed by atoms with Gasteiger partial charge < -0.3 is 13.7 Å². The van der Waals surface area contributed by atoms with Gasteiger partial charge in [-0.25, -0.2) is 9.18 Å². The molecule has 0 N–H and O–H groups in total. The molecular weight excluding hydrogens is 401 g/mol. The van der Waals surface area contributed by atoms with Gasteiger partial charge in [0.15, 0.2) is 6.61 Å². The molecule has 4 aromatic rings. The number of hydrogen-bond donors (Lipinski definition) is 0. The van der Waals surface area contributed by atoms with Crippen molar-refractivity contribution in [1.82, 2.24) is 15.4 Å². The van der Waals surface area contributed by atoms with Crippen molar-refractivity contribution in [2.24, 2.45) is 0 Å². The summed E-state index contributed by atoms with van der Waals surface area (Å²) in [6.45, 7) is 1.25. The van der Waals surface area contributed by atoms with Crippen molar-refractivity contribution in [3.8, 4) is 22.7 Å². The molecular formula is C20H13ClFN3O4. The Kier molecular flexibility index (Phi) is 5.09. The van der Waals surface area contributed by atoms with E-state index in [9.17, 15) is 9.18 Å². The van der Waals surface area contributed by atoms with E-state index >= 15 is 0 Å². The molecule has 2 heterocycles. The highest BCUT2D eigenvalue weighted by Crippen LogP contribution is 2.33. The van der Waals surface area contributed by atoms with Gasteiger partial charge in [-0.2, -0.15) is 0 Å². The summed E-state index contributed by atoms with van der Waals surface area (Å²) in [6, 6.07) is 13.3. The molecule has 0 aliphatic rings. The van der Waals surface area contributed by atoms with Crippen LogP contribution in [0, 0.1) is 12.7 Å². The van der Waals surface area contributed by atoms with Crippen molar-refractivity contribution in [3.05, 3.63) is 76.6 Å². The van der Waals surface area contributed by atoms with Crippen LogP contribution < -0.4 is 0 Å². The quantitative estimate of drug-likeness (QED) is 0.432. The zero-order valence-corrected chi connectivity index (χ0v) is 15.8. The van der Waals surface area contributed by atoms with Crippen LogP contribution in [0.5, 0.6) is 0 Å².